The highest BCUT2D eigenvalue weighted by Gasteiger charge is 2.30. The van der Waals surface area contributed by atoms with E-state index in [2.05, 4.69) is 27.3 Å². The smallest absolute Gasteiger partial charge is 0.352 e. The number of hydrogen-bond donors (Lipinski definition) is 1. The first-order valence-electron chi connectivity index (χ1n) is 8.85. The Kier molecular flexibility index (Phi) is 4.47. The highest BCUT2D eigenvalue weighted by Crippen LogP contribution is 2.34. The summed E-state index contributed by atoms with van der Waals surface area (Å²) in [5.41, 5.74) is 0.535. The van der Waals surface area contributed by atoms with Crippen LogP contribution >= 0.6 is 0 Å². The van der Waals surface area contributed by atoms with Crippen molar-refractivity contribution in [3.8, 4) is 11.3 Å². The van der Waals surface area contributed by atoms with Crippen molar-refractivity contribution >= 4 is 16.6 Å². The number of benzene rings is 2. The summed E-state index contributed by atoms with van der Waals surface area (Å²) >= 11 is 0. The number of aromatic nitrogens is 2. The minimum atomic E-state index is -4.35. The zero-order valence-corrected chi connectivity index (χ0v) is 14.8. The summed E-state index contributed by atoms with van der Waals surface area (Å²) in [6, 6.07) is 13.2. The molecule has 0 unspecified atom stereocenters. The van der Waals surface area contributed by atoms with Crippen molar-refractivity contribution < 1.29 is 13.2 Å². The lowest BCUT2D eigenvalue weighted by atomic mass is 10.0. The number of nitrogens with zero attached hydrogens (tertiary/aromatic N) is 3. The fourth-order valence-corrected chi connectivity index (χ4v) is 3.48. The summed E-state index contributed by atoms with van der Waals surface area (Å²) in [6.45, 7) is 4.66. The Morgan fingerprint density at radius 1 is 1.00 bits per heavy atom. The largest absolute Gasteiger partial charge is 0.416 e. The molecule has 2 aromatic carbocycles. The van der Waals surface area contributed by atoms with Crippen LogP contribution in [0.1, 0.15) is 12.5 Å². The fraction of sp³-hybridized carbons (Fsp3) is 0.300. The van der Waals surface area contributed by atoms with E-state index in [1.54, 1.807) is 0 Å². The number of hydrogen-bond acceptors (Lipinski definition) is 4. The van der Waals surface area contributed by atoms with Crippen LogP contribution in [0.3, 0.4) is 0 Å². The lowest BCUT2D eigenvalue weighted by molar-refractivity contribution is -0.137. The van der Waals surface area contributed by atoms with Gasteiger partial charge in [0.2, 0.25) is 0 Å². The quantitative estimate of drug-likeness (QED) is 0.735. The van der Waals surface area contributed by atoms with Crippen molar-refractivity contribution in [3.05, 3.63) is 54.1 Å². The highest BCUT2D eigenvalue weighted by molar-refractivity contribution is 6.00. The van der Waals surface area contributed by atoms with Gasteiger partial charge in [0.15, 0.2) is 5.82 Å². The van der Waals surface area contributed by atoms with Gasteiger partial charge in [-0.3, -0.25) is 0 Å². The van der Waals surface area contributed by atoms with Crippen LogP contribution in [-0.4, -0.2) is 35.9 Å². The van der Waals surface area contributed by atoms with E-state index in [4.69, 9.17) is 0 Å². The lowest BCUT2D eigenvalue weighted by Crippen LogP contribution is -2.49. The molecule has 3 aromatic rings. The minimum Gasteiger partial charge on any atom is -0.352 e. The number of anilines is 1. The van der Waals surface area contributed by atoms with Gasteiger partial charge < -0.3 is 10.2 Å². The van der Waals surface area contributed by atoms with Crippen molar-refractivity contribution in [1.29, 1.82) is 0 Å². The van der Waals surface area contributed by atoms with E-state index < -0.39 is 11.7 Å². The Morgan fingerprint density at radius 2 is 1.70 bits per heavy atom. The minimum absolute atomic E-state index is 0.355. The van der Waals surface area contributed by atoms with Crippen LogP contribution < -0.4 is 10.2 Å². The van der Waals surface area contributed by atoms with Crippen molar-refractivity contribution in [2.45, 2.75) is 19.1 Å². The number of alkyl halides is 3. The van der Waals surface area contributed by atoms with Gasteiger partial charge in [0.05, 0.1) is 5.56 Å². The molecule has 1 aliphatic heterocycles. The van der Waals surface area contributed by atoms with E-state index >= 15 is 0 Å². The third-order valence-corrected chi connectivity index (χ3v) is 4.82. The molecule has 1 aliphatic rings. The van der Waals surface area contributed by atoms with E-state index in [1.165, 1.54) is 12.1 Å². The molecule has 0 saturated carbocycles. The first kappa shape index (κ1) is 17.7. The van der Waals surface area contributed by atoms with E-state index in [0.717, 1.165) is 48.4 Å². The maximum Gasteiger partial charge on any atom is 0.416 e. The molecule has 0 aliphatic carbocycles. The zero-order valence-electron chi connectivity index (χ0n) is 14.8. The summed E-state index contributed by atoms with van der Waals surface area (Å²) < 4.78 is 38.5. The standard InChI is InChI=1S/C20H19F3N4/c1-13-12-27(11-10-24-13)19-17-5-3-2-4-16(17)18(25-26-19)14-6-8-15(9-7-14)20(21,22)23/h2-9,13,24H,10-12H2,1H3/t13-/m0/s1. The van der Waals surface area contributed by atoms with Crippen LogP contribution in [0.25, 0.3) is 22.0 Å². The van der Waals surface area contributed by atoms with Gasteiger partial charge in [0.25, 0.3) is 0 Å². The summed E-state index contributed by atoms with van der Waals surface area (Å²) in [7, 11) is 0. The molecule has 0 spiro atoms. The Hall–Kier alpha value is -2.67. The van der Waals surface area contributed by atoms with Crippen LogP contribution in [-0.2, 0) is 6.18 Å². The summed E-state index contributed by atoms with van der Waals surface area (Å²) in [4.78, 5) is 2.20. The molecule has 0 radical (unpaired) electrons. The normalized spacial score (nSPS) is 18.1. The average Bonchev–Trinajstić information content (AvgIpc) is 2.66. The number of nitrogens with one attached hydrogen (secondary N) is 1. The van der Waals surface area contributed by atoms with Gasteiger partial charge in [0, 0.05) is 42.0 Å². The Bertz CT molecular complexity index is 954. The third-order valence-electron chi connectivity index (χ3n) is 4.82. The Morgan fingerprint density at radius 3 is 2.37 bits per heavy atom. The van der Waals surface area contributed by atoms with E-state index in [0.29, 0.717) is 17.3 Å². The van der Waals surface area contributed by atoms with E-state index in [1.807, 2.05) is 24.3 Å². The van der Waals surface area contributed by atoms with Gasteiger partial charge in [-0.2, -0.15) is 13.2 Å². The van der Waals surface area contributed by atoms with Crippen molar-refractivity contribution in [2.24, 2.45) is 0 Å². The van der Waals surface area contributed by atoms with Gasteiger partial charge >= 0.3 is 6.18 Å². The average molecular weight is 372 g/mol. The number of fused-ring (bicyclic) bond motifs is 1. The van der Waals surface area contributed by atoms with Crippen LogP contribution in [0.2, 0.25) is 0 Å². The predicted octanol–water partition coefficient (Wildman–Crippen LogP) is 4.11. The molecule has 27 heavy (non-hydrogen) atoms. The van der Waals surface area contributed by atoms with Crippen LogP contribution in [0, 0.1) is 0 Å². The van der Waals surface area contributed by atoms with E-state index in [-0.39, 0.29) is 0 Å². The van der Waals surface area contributed by atoms with Gasteiger partial charge in [-0.25, -0.2) is 0 Å². The molecular formula is C20H19F3N4. The summed E-state index contributed by atoms with van der Waals surface area (Å²) in [5, 5.41) is 14.1. The van der Waals surface area contributed by atoms with E-state index in [9.17, 15) is 13.2 Å². The van der Waals surface area contributed by atoms with Crippen molar-refractivity contribution in [2.75, 3.05) is 24.5 Å². The topological polar surface area (TPSA) is 41.1 Å². The molecule has 2 heterocycles. The molecule has 4 rings (SSSR count). The Balaban J connectivity index is 1.78. The molecular weight excluding hydrogens is 353 g/mol. The SMILES string of the molecule is C[C@H]1CN(c2nnc(-c3ccc(C(F)(F)F)cc3)c3ccccc23)CCN1. The first-order valence-corrected chi connectivity index (χ1v) is 8.85. The van der Waals surface area contributed by atoms with Gasteiger partial charge in [-0.15, -0.1) is 10.2 Å². The van der Waals surface area contributed by atoms with Crippen LogP contribution in [0.5, 0.6) is 0 Å². The second-order valence-corrected chi connectivity index (χ2v) is 6.79. The molecule has 1 atom stereocenters. The van der Waals surface area contributed by atoms with Gasteiger partial charge in [0.1, 0.15) is 5.69 Å². The molecule has 1 aromatic heterocycles. The third kappa shape index (κ3) is 3.47. The highest BCUT2D eigenvalue weighted by atomic mass is 19.4. The molecule has 1 fully saturated rings. The number of rotatable bonds is 2. The van der Waals surface area contributed by atoms with Gasteiger partial charge in [-0.1, -0.05) is 36.4 Å². The number of piperazine rings is 1. The second-order valence-electron chi connectivity index (χ2n) is 6.79. The predicted molar refractivity (Wildman–Crippen MR) is 99.7 cm³/mol. The molecule has 7 heteroatoms. The monoisotopic (exact) mass is 372 g/mol. The van der Waals surface area contributed by atoms with Crippen LogP contribution in [0.15, 0.2) is 48.5 Å². The fourth-order valence-electron chi connectivity index (χ4n) is 3.48. The number of halogens is 3. The Labute approximate surface area is 155 Å². The lowest BCUT2D eigenvalue weighted by Gasteiger charge is -2.33. The molecule has 0 amide bonds. The maximum absolute atomic E-state index is 12.8. The molecule has 1 N–H and O–H groups in total. The van der Waals surface area contributed by atoms with Crippen molar-refractivity contribution in [3.63, 3.8) is 0 Å². The van der Waals surface area contributed by atoms with Crippen LogP contribution in [0.4, 0.5) is 19.0 Å². The molecule has 1 saturated heterocycles. The second kappa shape index (κ2) is 6.81. The maximum atomic E-state index is 12.8. The molecule has 0 bridgehead atoms. The molecule has 4 nitrogen and oxygen atoms in total. The van der Waals surface area contributed by atoms with Crippen molar-refractivity contribution in [1.82, 2.24) is 15.5 Å². The van der Waals surface area contributed by atoms with Gasteiger partial charge in [-0.05, 0) is 19.1 Å². The first-order chi connectivity index (χ1) is 12.9. The summed E-state index contributed by atoms with van der Waals surface area (Å²) in [5.74, 6) is 0.814. The molecule has 140 valence electrons. The summed E-state index contributed by atoms with van der Waals surface area (Å²) in [6.07, 6.45) is -4.35. The zero-order chi connectivity index (χ0) is 19.0.